The maximum absolute atomic E-state index is 12.5. The summed E-state index contributed by atoms with van der Waals surface area (Å²) in [6, 6.07) is 13.8. The molecule has 2 aromatic carbocycles. The molecule has 2 aromatic rings. The number of Topliss-reactive ketones (excluding diaryl/α,β-unsaturated/α-hetero) is 1. The van der Waals surface area contributed by atoms with E-state index in [9.17, 15) is 14.4 Å². The van der Waals surface area contributed by atoms with Crippen molar-refractivity contribution in [2.24, 2.45) is 5.41 Å². The van der Waals surface area contributed by atoms with E-state index in [1.807, 2.05) is 45.9 Å². The average Bonchev–Trinajstić information content (AvgIpc) is 2.66. The molecule has 1 N–H and O–H groups in total. The molecule has 0 aromatic heterocycles. The highest BCUT2D eigenvalue weighted by molar-refractivity contribution is 6.01. The Hall–Kier alpha value is -3.15. The van der Waals surface area contributed by atoms with Gasteiger partial charge in [-0.05, 0) is 49.7 Å². The van der Waals surface area contributed by atoms with Crippen LogP contribution in [0, 0.1) is 12.3 Å². The van der Waals surface area contributed by atoms with Crippen LogP contribution >= 0.6 is 0 Å². The maximum atomic E-state index is 12.5. The molecule has 1 amide bonds. The summed E-state index contributed by atoms with van der Waals surface area (Å²) in [5, 5.41) is 2.79. The van der Waals surface area contributed by atoms with E-state index in [4.69, 9.17) is 9.47 Å². The van der Waals surface area contributed by atoms with Crippen LogP contribution in [-0.2, 0) is 14.3 Å². The zero-order valence-electron chi connectivity index (χ0n) is 17.4. The lowest BCUT2D eigenvalue weighted by Gasteiger charge is -2.18. The molecule has 6 nitrogen and oxygen atoms in total. The second-order valence-corrected chi connectivity index (χ2v) is 7.83. The molecule has 0 heterocycles. The van der Waals surface area contributed by atoms with Crippen molar-refractivity contribution in [3.8, 4) is 5.75 Å². The summed E-state index contributed by atoms with van der Waals surface area (Å²) in [5.74, 6) is -0.477. The Morgan fingerprint density at radius 1 is 1.00 bits per heavy atom. The molecule has 154 valence electrons. The Balaban J connectivity index is 1.89. The second kappa shape index (κ2) is 9.37. The first kappa shape index (κ1) is 22.1. The summed E-state index contributed by atoms with van der Waals surface area (Å²) in [5.41, 5.74) is 1.37. The van der Waals surface area contributed by atoms with Gasteiger partial charge in [-0.3, -0.25) is 9.59 Å². The highest BCUT2D eigenvalue weighted by atomic mass is 16.6. The van der Waals surface area contributed by atoms with Gasteiger partial charge >= 0.3 is 5.97 Å². The third-order valence-electron chi connectivity index (χ3n) is 4.23. The summed E-state index contributed by atoms with van der Waals surface area (Å²) in [6.45, 7) is 8.57. The largest absolute Gasteiger partial charge is 0.482 e. The number of hydrogen-bond acceptors (Lipinski definition) is 5. The van der Waals surface area contributed by atoms with Crippen LogP contribution in [-0.4, -0.2) is 30.4 Å². The zero-order chi connectivity index (χ0) is 21.6. The number of ether oxygens (including phenoxy) is 2. The van der Waals surface area contributed by atoms with E-state index >= 15 is 0 Å². The van der Waals surface area contributed by atoms with Gasteiger partial charge in [0.15, 0.2) is 12.7 Å². The number of amides is 1. The van der Waals surface area contributed by atoms with Gasteiger partial charge in [-0.2, -0.15) is 0 Å². The first-order valence-corrected chi connectivity index (χ1v) is 9.41. The van der Waals surface area contributed by atoms with E-state index in [2.05, 4.69) is 5.32 Å². The Kier molecular flexibility index (Phi) is 7.15. The number of nitrogens with one attached hydrogen (secondary N) is 1. The van der Waals surface area contributed by atoms with Crippen molar-refractivity contribution in [2.45, 2.75) is 40.7 Å². The molecule has 1 atom stereocenters. The number of carbonyl (C=O) groups is 3. The average molecular weight is 397 g/mol. The minimum Gasteiger partial charge on any atom is -0.482 e. The van der Waals surface area contributed by atoms with E-state index in [0.29, 0.717) is 17.0 Å². The highest BCUT2D eigenvalue weighted by Gasteiger charge is 2.22. The predicted octanol–water partition coefficient (Wildman–Crippen LogP) is 4.17. The van der Waals surface area contributed by atoms with Crippen LogP contribution in [0.2, 0.25) is 0 Å². The van der Waals surface area contributed by atoms with Crippen molar-refractivity contribution in [2.75, 3.05) is 11.9 Å². The lowest BCUT2D eigenvalue weighted by Crippen LogP contribution is -2.28. The fourth-order valence-electron chi connectivity index (χ4n) is 2.41. The standard InChI is InChI=1S/C23H27NO5/c1-15-8-6-7-9-19(15)28-14-20(25)29-16(2)21(26)17-10-12-18(13-11-17)24-22(27)23(3,4)5/h6-13,16H,14H2,1-5H3,(H,24,27)/t16-/m1/s1. The predicted molar refractivity (Wildman–Crippen MR) is 111 cm³/mol. The van der Waals surface area contributed by atoms with E-state index in [1.165, 1.54) is 6.92 Å². The maximum Gasteiger partial charge on any atom is 0.344 e. The third kappa shape index (κ3) is 6.45. The fourth-order valence-corrected chi connectivity index (χ4v) is 2.41. The molecule has 0 saturated carbocycles. The minimum absolute atomic E-state index is 0.118. The fraction of sp³-hybridized carbons (Fsp3) is 0.348. The summed E-state index contributed by atoms with van der Waals surface area (Å²) in [4.78, 5) is 36.5. The second-order valence-electron chi connectivity index (χ2n) is 7.83. The van der Waals surface area contributed by atoms with Crippen LogP contribution in [0.3, 0.4) is 0 Å². The van der Waals surface area contributed by atoms with E-state index in [-0.39, 0.29) is 18.3 Å². The topological polar surface area (TPSA) is 81.7 Å². The molecular weight excluding hydrogens is 370 g/mol. The molecule has 0 unspecified atom stereocenters. The molecule has 0 aliphatic heterocycles. The normalized spacial score (nSPS) is 12.0. The Morgan fingerprint density at radius 3 is 2.21 bits per heavy atom. The first-order chi connectivity index (χ1) is 13.6. The van der Waals surface area contributed by atoms with Crippen LogP contribution in [0.25, 0.3) is 0 Å². The number of rotatable bonds is 7. The van der Waals surface area contributed by atoms with Crippen molar-refractivity contribution in [1.82, 2.24) is 0 Å². The van der Waals surface area contributed by atoms with Crippen molar-refractivity contribution < 1.29 is 23.9 Å². The van der Waals surface area contributed by atoms with Crippen molar-refractivity contribution in [3.05, 3.63) is 59.7 Å². The monoisotopic (exact) mass is 397 g/mol. The molecule has 0 radical (unpaired) electrons. The van der Waals surface area contributed by atoms with Gasteiger partial charge in [0.25, 0.3) is 0 Å². The Morgan fingerprint density at radius 2 is 1.62 bits per heavy atom. The molecule has 6 heteroatoms. The molecule has 0 aliphatic carbocycles. The summed E-state index contributed by atoms with van der Waals surface area (Å²) >= 11 is 0. The van der Waals surface area contributed by atoms with Gasteiger partial charge in [0, 0.05) is 16.7 Å². The molecule has 0 saturated heterocycles. The third-order valence-corrected chi connectivity index (χ3v) is 4.23. The number of esters is 1. The first-order valence-electron chi connectivity index (χ1n) is 9.41. The van der Waals surface area contributed by atoms with Crippen LogP contribution in [0.15, 0.2) is 48.5 Å². The molecular formula is C23H27NO5. The van der Waals surface area contributed by atoms with Crippen LogP contribution < -0.4 is 10.1 Å². The Labute approximate surface area is 171 Å². The minimum atomic E-state index is -0.946. The number of hydrogen-bond donors (Lipinski definition) is 1. The Bertz CT molecular complexity index is 881. The molecule has 29 heavy (non-hydrogen) atoms. The van der Waals surface area contributed by atoms with Gasteiger partial charge in [-0.1, -0.05) is 39.0 Å². The van der Waals surface area contributed by atoms with Gasteiger partial charge in [-0.25, -0.2) is 4.79 Å². The lowest BCUT2D eigenvalue weighted by atomic mass is 9.95. The van der Waals surface area contributed by atoms with E-state index in [1.54, 1.807) is 30.3 Å². The van der Waals surface area contributed by atoms with Crippen LogP contribution in [0.4, 0.5) is 5.69 Å². The molecule has 0 aliphatic rings. The van der Waals surface area contributed by atoms with E-state index in [0.717, 1.165) is 5.56 Å². The van der Waals surface area contributed by atoms with Gasteiger partial charge in [0.1, 0.15) is 5.75 Å². The van der Waals surface area contributed by atoms with Gasteiger partial charge in [0.2, 0.25) is 11.7 Å². The van der Waals surface area contributed by atoms with E-state index < -0.39 is 17.5 Å². The number of anilines is 1. The number of para-hydroxylation sites is 1. The van der Waals surface area contributed by atoms with Gasteiger partial charge in [-0.15, -0.1) is 0 Å². The molecule has 0 bridgehead atoms. The number of aryl methyl sites for hydroxylation is 1. The van der Waals surface area contributed by atoms with Crippen molar-refractivity contribution >= 4 is 23.3 Å². The summed E-state index contributed by atoms with van der Waals surface area (Å²) < 4.78 is 10.6. The van der Waals surface area contributed by atoms with Crippen molar-refractivity contribution in [3.63, 3.8) is 0 Å². The summed E-state index contributed by atoms with van der Waals surface area (Å²) in [7, 11) is 0. The SMILES string of the molecule is Cc1ccccc1OCC(=O)O[C@H](C)C(=O)c1ccc(NC(=O)C(C)(C)C)cc1. The van der Waals surface area contributed by atoms with Gasteiger partial charge in [0.05, 0.1) is 0 Å². The van der Waals surface area contributed by atoms with Gasteiger partial charge < -0.3 is 14.8 Å². The smallest absolute Gasteiger partial charge is 0.344 e. The molecule has 0 spiro atoms. The van der Waals surface area contributed by atoms with Crippen molar-refractivity contribution in [1.29, 1.82) is 0 Å². The zero-order valence-corrected chi connectivity index (χ0v) is 17.4. The number of carbonyl (C=O) groups excluding carboxylic acids is 3. The quantitative estimate of drug-likeness (QED) is 0.560. The lowest BCUT2D eigenvalue weighted by molar-refractivity contribution is -0.148. The number of benzene rings is 2. The molecule has 2 rings (SSSR count). The highest BCUT2D eigenvalue weighted by Crippen LogP contribution is 2.19. The van der Waals surface area contributed by atoms with Crippen LogP contribution in [0.1, 0.15) is 43.6 Å². The number of ketones is 1. The summed E-state index contributed by atoms with van der Waals surface area (Å²) in [6.07, 6.45) is -0.946. The van der Waals surface area contributed by atoms with Crippen LogP contribution in [0.5, 0.6) is 5.75 Å². The molecule has 0 fully saturated rings.